The van der Waals surface area contributed by atoms with E-state index < -0.39 is 0 Å². The summed E-state index contributed by atoms with van der Waals surface area (Å²) in [7, 11) is 0. The van der Waals surface area contributed by atoms with Crippen molar-refractivity contribution < 1.29 is 0 Å². The second-order valence-corrected chi connectivity index (χ2v) is 3.19. The highest BCUT2D eigenvalue weighted by Gasteiger charge is 2.19. The van der Waals surface area contributed by atoms with Gasteiger partial charge in [0.15, 0.2) is 0 Å². The highest BCUT2D eigenvalue weighted by Crippen LogP contribution is 2.12. The zero-order valence-corrected chi connectivity index (χ0v) is 7.62. The summed E-state index contributed by atoms with van der Waals surface area (Å²) in [5.74, 6) is 0. The van der Waals surface area contributed by atoms with Gasteiger partial charge in [-0.1, -0.05) is 27.7 Å². The number of rotatable bonds is 0. The van der Waals surface area contributed by atoms with Gasteiger partial charge < -0.3 is 10.6 Å². The average molecular weight is 144 g/mol. The Morgan fingerprint density at radius 2 is 1.40 bits per heavy atom. The standard InChI is InChI=1S/C6H14N2.C2H6/c1-6(2)3-7-5-8-4-6;1-2/h7-8H,3-5H2,1-2H3;1-2H3. The van der Waals surface area contributed by atoms with Crippen molar-refractivity contribution in [3.8, 4) is 0 Å². The first-order chi connectivity index (χ1) is 4.71. The molecule has 2 N–H and O–H groups in total. The van der Waals surface area contributed by atoms with Gasteiger partial charge in [0.25, 0.3) is 0 Å². The first kappa shape index (κ1) is 9.92. The molecule has 2 heteroatoms. The lowest BCUT2D eigenvalue weighted by Crippen LogP contribution is -2.48. The topological polar surface area (TPSA) is 24.1 Å². The fraction of sp³-hybridized carbons (Fsp3) is 1.00. The van der Waals surface area contributed by atoms with Crippen molar-refractivity contribution in [1.29, 1.82) is 0 Å². The fourth-order valence-corrected chi connectivity index (χ4v) is 0.953. The molecular weight excluding hydrogens is 124 g/mol. The molecule has 1 heterocycles. The van der Waals surface area contributed by atoms with Gasteiger partial charge in [0, 0.05) is 19.8 Å². The lowest BCUT2D eigenvalue weighted by Gasteiger charge is -2.30. The van der Waals surface area contributed by atoms with Gasteiger partial charge in [-0.05, 0) is 5.41 Å². The summed E-state index contributed by atoms with van der Waals surface area (Å²) in [6.45, 7) is 11.8. The van der Waals surface area contributed by atoms with Crippen LogP contribution < -0.4 is 10.6 Å². The summed E-state index contributed by atoms with van der Waals surface area (Å²) in [6.07, 6.45) is 0. The molecule has 1 saturated heterocycles. The van der Waals surface area contributed by atoms with Crippen LogP contribution in [0.15, 0.2) is 0 Å². The van der Waals surface area contributed by atoms with Crippen molar-refractivity contribution in [2.45, 2.75) is 27.7 Å². The Kier molecular flexibility index (Phi) is 4.65. The Labute approximate surface area is 64.4 Å². The fourth-order valence-electron chi connectivity index (χ4n) is 0.953. The van der Waals surface area contributed by atoms with Gasteiger partial charge in [-0.3, -0.25) is 0 Å². The molecule has 0 spiro atoms. The number of hydrogen-bond donors (Lipinski definition) is 2. The van der Waals surface area contributed by atoms with Gasteiger partial charge in [0.2, 0.25) is 0 Å². The van der Waals surface area contributed by atoms with Crippen LogP contribution in [-0.4, -0.2) is 19.8 Å². The molecule has 0 unspecified atom stereocenters. The lowest BCUT2D eigenvalue weighted by atomic mass is 9.92. The van der Waals surface area contributed by atoms with Crippen LogP contribution in [0, 0.1) is 5.41 Å². The minimum absolute atomic E-state index is 0.457. The lowest BCUT2D eigenvalue weighted by molar-refractivity contribution is 0.270. The van der Waals surface area contributed by atoms with E-state index in [1.165, 1.54) is 0 Å². The van der Waals surface area contributed by atoms with Crippen LogP contribution in [0.2, 0.25) is 0 Å². The zero-order chi connectivity index (χ0) is 8.04. The number of nitrogens with one attached hydrogen (secondary N) is 2. The van der Waals surface area contributed by atoms with E-state index in [0.29, 0.717) is 5.41 Å². The number of hydrogen-bond acceptors (Lipinski definition) is 2. The van der Waals surface area contributed by atoms with Crippen molar-refractivity contribution in [3.05, 3.63) is 0 Å². The van der Waals surface area contributed by atoms with Gasteiger partial charge in [-0.25, -0.2) is 0 Å². The molecule has 1 aliphatic heterocycles. The zero-order valence-electron chi connectivity index (χ0n) is 7.62. The van der Waals surface area contributed by atoms with Gasteiger partial charge in [-0.15, -0.1) is 0 Å². The SMILES string of the molecule is CC.CC1(C)CNCNC1. The molecule has 0 radical (unpaired) electrons. The second-order valence-electron chi connectivity index (χ2n) is 3.19. The molecule has 2 nitrogen and oxygen atoms in total. The minimum atomic E-state index is 0.457. The first-order valence-corrected chi connectivity index (χ1v) is 4.12. The van der Waals surface area contributed by atoms with Crippen molar-refractivity contribution in [1.82, 2.24) is 10.6 Å². The van der Waals surface area contributed by atoms with Crippen LogP contribution in [0.4, 0.5) is 0 Å². The molecular formula is C8H20N2. The molecule has 0 aromatic heterocycles. The van der Waals surface area contributed by atoms with Gasteiger partial charge in [0.1, 0.15) is 0 Å². The Balaban J connectivity index is 0.000000371. The summed E-state index contributed by atoms with van der Waals surface area (Å²) < 4.78 is 0. The molecule has 10 heavy (non-hydrogen) atoms. The molecule has 0 aliphatic carbocycles. The molecule has 0 atom stereocenters. The molecule has 1 aliphatic rings. The Hall–Kier alpha value is -0.0800. The predicted octanol–water partition coefficient (Wildman–Crippen LogP) is 1.19. The highest BCUT2D eigenvalue weighted by molar-refractivity contribution is 4.77. The molecule has 62 valence electrons. The van der Waals surface area contributed by atoms with Crippen molar-refractivity contribution >= 4 is 0 Å². The Bertz CT molecular complexity index is 71.3. The van der Waals surface area contributed by atoms with Crippen molar-refractivity contribution in [2.75, 3.05) is 19.8 Å². The molecule has 1 fully saturated rings. The summed E-state index contributed by atoms with van der Waals surface area (Å²) in [6, 6.07) is 0. The summed E-state index contributed by atoms with van der Waals surface area (Å²) >= 11 is 0. The van der Waals surface area contributed by atoms with E-state index in [0.717, 1.165) is 19.8 Å². The third kappa shape index (κ3) is 3.85. The molecule has 1 rings (SSSR count). The average Bonchev–Trinajstić information content (AvgIpc) is 1.92. The highest BCUT2D eigenvalue weighted by atomic mass is 15.1. The van der Waals surface area contributed by atoms with Crippen molar-refractivity contribution in [3.63, 3.8) is 0 Å². The monoisotopic (exact) mass is 144 g/mol. The van der Waals surface area contributed by atoms with Crippen LogP contribution in [0.1, 0.15) is 27.7 Å². The maximum absolute atomic E-state index is 3.26. The minimum Gasteiger partial charge on any atom is -0.304 e. The predicted molar refractivity (Wildman–Crippen MR) is 46.0 cm³/mol. The van der Waals surface area contributed by atoms with E-state index in [2.05, 4.69) is 24.5 Å². The maximum atomic E-state index is 3.26. The van der Waals surface area contributed by atoms with Crippen LogP contribution in [0.25, 0.3) is 0 Å². The van der Waals surface area contributed by atoms with E-state index in [1.54, 1.807) is 0 Å². The normalized spacial score (nSPS) is 22.8. The quantitative estimate of drug-likeness (QED) is 0.533. The van der Waals surface area contributed by atoms with E-state index in [9.17, 15) is 0 Å². The third-order valence-corrected chi connectivity index (χ3v) is 1.46. The molecule has 0 saturated carbocycles. The van der Waals surface area contributed by atoms with E-state index in [4.69, 9.17) is 0 Å². The van der Waals surface area contributed by atoms with Gasteiger partial charge in [0.05, 0.1) is 0 Å². The molecule has 0 aromatic rings. The second kappa shape index (κ2) is 4.69. The van der Waals surface area contributed by atoms with E-state index >= 15 is 0 Å². The largest absolute Gasteiger partial charge is 0.304 e. The summed E-state index contributed by atoms with van der Waals surface area (Å²) in [4.78, 5) is 0. The van der Waals surface area contributed by atoms with Crippen LogP contribution in [-0.2, 0) is 0 Å². The molecule has 0 amide bonds. The van der Waals surface area contributed by atoms with Crippen molar-refractivity contribution in [2.24, 2.45) is 5.41 Å². The molecule has 0 bridgehead atoms. The van der Waals surface area contributed by atoms with Crippen LogP contribution in [0.3, 0.4) is 0 Å². The molecule has 0 aromatic carbocycles. The van der Waals surface area contributed by atoms with Gasteiger partial charge >= 0.3 is 0 Å². The van der Waals surface area contributed by atoms with E-state index in [1.807, 2.05) is 13.8 Å². The summed E-state index contributed by atoms with van der Waals surface area (Å²) in [5, 5.41) is 6.53. The van der Waals surface area contributed by atoms with E-state index in [-0.39, 0.29) is 0 Å². The first-order valence-electron chi connectivity index (χ1n) is 4.12. The Morgan fingerprint density at radius 1 is 1.00 bits per heavy atom. The maximum Gasteiger partial charge on any atom is 0.0454 e. The third-order valence-electron chi connectivity index (χ3n) is 1.46. The summed E-state index contributed by atoms with van der Waals surface area (Å²) in [5.41, 5.74) is 0.457. The van der Waals surface area contributed by atoms with Crippen LogP contribution in [0.5, 0.6) is 0 Å². The smallest absolute Gasteiger partial charge is 0.0454 e. The Morgan fingerprint density at radius 3 is 1.60 bits per heavy atom. The van der Waals surface area contributed by atoms with Crippen LogP contribution >= 0.6 is 0 Å². The van der Waals surface area contributed by atoms with Gasteiger partial charge in [-0.2, -0.15) is 0 Å².